The average molecular weight is 374 g/mol. The van der Waals surface area contributed by atoms with Gasteiger partial charge in [-0.15, -0.1) is 0 Å². The SMILES string of the molecule is CCCn1cc(I)c(=O)n(Cc2cnn(C)c2)c1=O. The van der Waals surface area contributed by atoms with E-state index in [4.69, 9.17) is 0 Å². The van der Waals surface area contributed by atoms with E-state index in [1.165, 1.54) is 4.57 Å². The Kier molecular flexibility index (Phi) is 4.23. The molecule has 0 spiro atoms. The summed E-state index contributed by atoms with van der Waals surface area (Å²) < 4.78 is 5.04. The molecule has 0 atom stereocenters. The largest absolute Gasteiger partial charge is 0.331 e. The van der Waals surface area contributed by atoms with Crippen molar-refractivity contribution < 1.29 is 0 Å². The van der Waals surface area contributed by atoms with Gasteiger partial charge in [0.2, 0.25) is 0 Å². The quantitative estimate of drug-likeness (QED) is 0.745. The van der Waals surface area contributed by atoms with Crippen LogP contribution in [-0.4, -0.2) is 18.9 Å². The molecule has 7 heteroatoms. The first-order valence-corrected chi connectivity index (χ1v) is 7.08. The maximum atomic E-state index is 12.2. The summed E-state index contributed by atoms with van der Waals surface area (Å²) in [5.41, 5.74) is 0.324. The smallest absolute Gasteiger partial charge is 0.299 e. The normalized spacial score (nSPS) is 10.9. The zero-order valence-corrected chi connectivity index (χ0v) is 13.0. The molecule has 19 heavy (non-hydrogen) atoms. The minimum absolute atomic E-state index is 0.248. The van der Waals surface area contributed by atoms with Gasteiger partial charge in [-0.3, -0.25) is 18.6 Å². The monoisotopic (exact) mass is 374 g/mol. The summed E-state index contributed by atoms with van der Waals surface area (Å²) >= 11 is 1.97. The minimum Gasteiger partial charge on any atom is -0.299 e. The van der Waals surface area contributed by atoms with Crippen LogP contribution in [-0.2, 0) is 20.1 Å². The predicted octanol–water partition coefficient (Wildman–Crippen LogP) is 0.806. The number of aryl methyl sites for hydroxylation is 2. The highest BCUT2D eigenvalue weighted by molar-refractivity contribution is 14.1. The summed E-state index contributed by atoms with van der Waals surface area (Å²) in [6.07, 6.45) is 5.93. The van der Waals surface area contributed by atoms with Crippen molar-refractivity contribution in [2.24, 2.45) is 7.05 Å². The fraction of sp³-hybridized carbons (Fsp3) is 0.417. The van der Waals surface area contributed by atoms with Gasteiger partial charge in [-0.1, -0.05) is 6.92 Å². The zero-order chi connectivity index (χ0) is 14.0. The standard InChI is InChI=1S/C12H15IN4O2/c1-3-4-16-8-10(13)11(18)17(12(16)19)7-9-5-14-15(2)6-9/h5-6,8H,3-4,7H2,1-2H3. The molecular weight excluding hydrogens is 359 g/mol. The van der Waals surface area contributed by atoms with Crippen LogP contribution in [0.2, 0.25) is 0 Å². The molecule has 0 fully saturated rings. The molecule has 0 aromatic carbocycles. The van der Waals surface area contributed by atoms with Crippen LogP contribution in [0.15, 0.2) is 28.2 Å². The van der Waals surface area contributed by atoms with Crippen molar-refractivity contribution in [3.63, 3.8) is 0 Å². The Morgan fingerprint density at radius 3 is 2.63 bits per heavy atom. The first-order valence-electron chi connectivity index (χ1n) is 6.00. The third kappa shape index (κ3) is 2.96. The van der Waals surface area contributed by atoms with Gasteiger partial charge in [0.25, 0.3) is 5.56 Å². The van der Waals surface area contributed by atoms with Crippen LogP contribution < -0.4 is 11.2 Å². The van der Waals surface area contributed by atoms with E-state index in [1.807, 2.05) is 29.5 Å². The van der Waals surface area contributed by atoms with Crippen LogP contribution in [0.1, 0.15) is 18.9 Å². The average Bonchev–Trinajstić information content (AvgIpc) is 2.77. The summed E-state index contributed by atoms with van der Waals surface area (Å²) in [6.45, 7) is 2.87. The van der Waals surface area contributed by atoms with Gasteiger partial charge in [-0.2, -0.15) is 5.10 Å². The van der Waals surface area contributed by atoms with Crippen molar-refractivity contribution in [2.75, 3.05) is 0 Å². The molecule has 2 rings (SSSR count). The van der Waals surface area contributed by atoms with E-state index in [-0.39, 0.29) is 17.8 Å². The summed E-state index contributed by atoms with van der Waals surface area (Å²) in [4.78, 5) is 24.3. The Bertz CT molecular complexity index is 698. The highest BCUT2D eigenvalue weighted by Crippen LogP contribution is 2.00. The highest BCUT2D eigenvalue weighted by Gasteiger charge is 2.10. The summed E-state index contributed by atoms with van der Waals surface area (Å²) in [7, 11) is 1.80. The third-order valence-electron chi connectivity index (χ3n) is 2.76. The van der Waals surface area contributed by atoms with E-state index >= 15 is 0 Å². The second-order valence-corrected chi connectivity index (χ2v) is 5.53. The number of halogens is 1. The predicted molar refractivity (Wildman–Crippen MR) is 80.3 cm³/mol. The van der Waals surface area contributed by atoms with E-state index in [0.29, 0.717) is 10.1 Å². The van der Waals surface area contributed by atoms with Crippen LogP contribution in [0.4, 0.5) is 0 Å². The maximum absolute atomic E-state index is 12.2. The molecule has 2 aromatic rings. The summed E-state index contributed by atoms with van der Waals surface area (Å²) in [6, 6.07) is 0. The minimum atomic E-state index is -0.267. The molecule has 0 aliphatic carbocycles. The molecule has 2 heterocycles. The van der Waals surface area contributed by atoms with Gasteiger partial charge in [-0.05, 0) is 29.0 Å². The molecule has 0 saturated carbocycles. The van der Waals surface area contributed by atoms with Crippen molar-refractivity contribution in [1.29, 1.82) is 0 Å². The van der Waals surface area contributed by atoms with E-state index < -0.39 is 0 Å². The van der Waals surface area contributed by atoms with E-state index in [2.05, 4.69) is 5.10 Å². The molecule has 102 valence electrons. The molecule has 0 unspecified atom stereocenters. The molecule has 0 bridgehead atoms. The Morgan fingerprint density at radius 2 is 2.05 bits per heavy atom. The lowest BCUT2D eigenvalue weighted by atomic mass is 10.3. The number of hydrogen-bond acceptors (Lipinski definition) is 3. The molecule has 6 nitrogen and oxygen atoms in total. The number of aromatic nitrogens is 4. The second kappa shape index (κ2) is 5.72. The Labute approximate surface area is 123 Å². The van der Waals surface area contributed by atoms with Crippen molar-refractivity contribution in [3.05, 3.63) is 48.6 Å². The van der Waals surface area contributed by atoms with Crippen LogP contribution >= 0.6 is 22.6 Å². The molecule has 2 aromatic heterocycles. The highest BCUT2D eigenvalue weighted by atomic mass is 127. The third-order valence-corrected chi connectivity index (χ3v) is 3.50. The van der Waals surface area contributed by atoms with Gasteiger partial charge < -0.3 is 0 Å². The van der Waals surface area contributed by atoms with Crippen LogP contribution in [0.25, 0.3) is 0 Å². The number of rotatable bonds is 4. The number of hydrogen-bond donors (Lipinski definition) is 0. The van der Waals surface area contributed by atoms with Crippen LogP contribution in [0.5, 0.6) is 0 Å². The van der Waals surface area contributed by atoms with Gasteiger partial charge in [0.1, 0.15) is 0 Å². The topological polar surface area (TPSA) is 61.8 Å². The molecule has 0 aliphatic rings. The lowest BCUT2D eigenvalue weighted by molar-refractivity contribution is 0.566. The summed E-state index contributed by atoms with van der Waals surface area (Å²) in [5, 5.41) is 4.04. The molecule has 0 aliphatic heterocycles. The molecule has 0 N–H and O–H groups in total. The van der Waals surface area contributed by atoms with Crippen LogP contribution in [0, 0.1) is 3.57 Å². The van der Waals surface area contributed by atoms with E-state index in [9.17, 15) is 9.59 Å². The van der Waals surface area contributed by atoms with Crippen molar-refractivity contribution in [2.45, 2.75) is 26.4 Å². The van der Waals surface area contributed by atoms with Gasteiger partial charge in [0.15, 0.2) is 0 Å². The van der Waals surface area contributed by atoms with Gasteiger partial charge in [0.05, 0.1) is 16.3 Å². The fourth-order valence-electron chi connectivity index (χ4n) is 1.89. The Balaban J connectivity index is 2.49. The Hall–Kier alpha value is -1.38. The van der Waals surface area contributed by atoms with Crippen molar-refractivity contribution in [1.82, 2.24) is 18.9 Å². The lowest BCUT2D eigenvalue weighted by Gasteiger charge is -2.09. The molecule has 0 saturated heterocycles. The van der Waals surface area contributed by atoms with E-state index in [1.54, 1.807) is 34.9 Å². The molecular formula is C12H15IN4O2. The zero-order valence-electron chi connectivity index (χ0n) is 10.8. The molecule has 0 radical (unpaired) electrons. The molecule has 0 amide bonds. The van der Waals surface area contributed by atoms with Crippen molar-refractivity contribution in [3.8, 4) is 0 Å². The van der Waals surface area contributed by atoms with E-state index in [0.717, 1.165) is 12.0 Å². The first kappa shape index (κ1) is 14.0. The van der Waals surface area contributed by atoms with Gasteiger partial charge in [0, 0.05) is 31.5 Å². The maximum Gasteiger partial charge on any atom is 0.331 e. The van der Waals surface area contributed by atoms with Gasteiger partial charge >= 0.3 is 5.69 Å². The van der Waals surface area contributed by atoms with Gasteiger partial charge in [-0.25, -0.2) is 4.79 Å². The summed E-state index contributed by atoms with van der Waals surface area (Å²) in [5.74, 6) is 0. The fourth-order valence-corrected chi connectivity index (χ4v) is 2.52. The first-order chi connectivity index (χ1) is 9.02. The number of nitrogens with zero attached hydrogens (tertiary/aromatic N) is 4. The lowest BCUT2D eigenvalue weighted by Crippen LogP contribution is -2.41. The van der Waals surface area contributed by atoms with Crippen molar-refractivity contribution >= 4 is 22.6 Å². The Morgan fingerprint density at radius 1 is 1.32 bits per heavy atom. The second-order valence-electron chi connectivity index (χ2n) is 4.37. The van der Waals surface area contributed by atoms with Crippen LogP contribution in [0.3, 0.4) is 0 Å².